The number of hydrogen-bond donors (Lipinski definition) is 1. The van der Waals surface area contributed by atoms with Crippen LogP contribution in [0.15, 0.2) is 28.8 Å². The normalized spacial score (nSPS) is 12.9. The predicted octanol–water partition coefficient (Wildman–Crippen LogP) is 3.09. The Labute approximate surface area is 107 Å². The largest absolute Gasteiger partial charge is 0.337 e. The Bertz CT molecular complexity index is 502. The Morgan fingerprint density at radius 3 is 2.50 bits per heavy atom. The molecule has 96 valence electrons. The third-order valence-corrected chi connectivity index (χ3v) is 2.79. The average molecular weight is 245 g/mol. The maximum atomic E-state index is 6.02. The van der Waals surface area contributed by atoms with Gasteiger partial charge in [-0.1, -0.05) is 48.8 Å². The Hall–Kier alpha value is -1.68. The maximum Gasteiger partial charge on any atom is 0.243 e. The molecular weight excluding hydrogens is 226 g/mol. The lowest BCUT2D eigenvalue weighted by molar-refractivity contribution is 0.335. The molecule has 18 heavy (non-hydrogen) atoms. The quantitative estimate of drug-likeness (QED) is 0.899. The highest BCUT2D eigenvalue weighted by Gasteiger charge is 2.16. The lowest BCUT2D eigenvalue weighted by Gasteiger charge is -2.08. The fourth-order valence-electron chi connectivity index (χ4n) is 1.81. The Morgan fingerprint density at radius 2 is 1.89 bits per heavy atom. The number of hydrogen-bond acceptors (Lipinski definition) is 4. The molecule has 2 aromatic rings. The molecule has 0 amide bonds. The Balaban J connectivity index is 2.17. The van der Waals surface area contributed by atoms with Gasteiger partial charge in [0, 0.05) is 5.56 Å². The molecule has 0 aliphatic heterocycles. The van der Waals surface area contributed by atoms with Crippen LogP contribution >= 0.6 is 0 Å². The summed E-state index contributed by atoms with van der Waals surface area (Å²) in [5, 5.41) is 3.98. The smallest absolute Gasteiger partial charge is 0.243 e. The van der Waals surface area contributed by atoms with E-state index in [9.17, 15) is 0 Å². The molecule has 0 fully saturated rings. The summed E-state index contributed by atoms with van der Waals surface area (Å²) < 4.78 is 5.23. The molecule has 0 radical (unpaired) electrons. The molecule has 2 N–H and O–H groups in total. The van der Waals surface area contributed by atoms with Crippen LogP contribution in [0.2, 0.25) is 0 Å². The summed E-state index contributed by atoms with van der Waals surface area (Å²) in [5.41, 5.74) is 8.17. The molecule has 0 unspecified atom stereocenters. The highest BCUT2D eigenvalue weighted by atomic mass is 16.5. The zero-order chi connectivity index (χ0) is 13.1. The van der Waals surface area contributed by atoms with Gasteiger partial charge in [-0.15, -0.1) is 0 Å². The Morgan fingerprint density at radius 1 is 1.22 bits per heavy atom. The van der Waals surface area contributed by atoms with Crippen molar-refractivity contribution >= 4 is 0 Å². The van der Waals surface area contributed by atoms with E-state index in [4.69, 9.17) is 10.3 Å². The maximum absolute atomic E-state index is 6.02. The molecule has 4 nitrogen and oxygen atoms in total. The second-order valence-electron chi connectivity index (χ2n) is 5.06. The molecule has 1 heterocycles. The van der Waals surface area contributed by atoms with E-state index in [0.29, 0.717) is 17.6 Å². The second-order valence-corrected chi connectivity index (χ2v) is 5.06. The fraction of sp³-hybridized carbons (Fsp3) is 0.429. The van der Waals surface area contributed by atoms with E-state index in [1.807, 2.05) is 31.2 Å². The molecule has 0 aliphatic rings. The topological polar surface area (TPSA) is 64.9 Å². The van der Waals surface area contributed by atoms with Gasteiger partial charge in [0.15, 0.2) is 0 Å². The number of aryl methyl sites for hydroxylation is 1. The van der Waals surface area contributed by atoms with Crippen LogP contribution in [0.25, 0.3) is 11.4 Å². The van der Waals surface area contributed by atoms with Crippen molar-refractivity contribution in [2.45, 2.75) is 33.2 Å². The summed E-state index contributed by atoms with van der Waals surface area (Å²) >= 11 is 0. The number of nitrogens with two attached hydrogens (primary N) is 1. The zero-order valence-corrected chi connectivity index (χ0v) is 11.1. The van der Waals surface area contributed by atoms with E-state index < -0.39 is 0 Å². The monoisotopic (exact) mass is 245 g/mol. The lowest BCUT2D eigenvalue weighted by Crippen LogP contribution is -2.13. The first-order valence-electron chi connectivity index (χ1n) is 6.22. The minimum absolute atomic E-state index is 0.184. The number of rotatable bonds is 4. The van der Waals surface area contributed by atoms with Crippen LogP contribution in [-0.4, -0.2) is 10.1 Å². The summed E-state index contributed by atoms with van der Waals surface area (Å²) in [6.45, 7) is 6.29. The van der Waals surface area contributed by atoms with Crippen LogP contribution < -0.4 is 5.73 Å². The van der Waals surface area contributed by atoms with E-state index in [1.54, 1.807) is 0 Å². The molecule has 1 aromatic heterocycles. The van der Waals surface area contributed by atoms with Gasteiger partial charge >= 0.3 is 0 Å². The van der Waals surface area contributed by atoms with Crippen molar-refractivity contribution < 1.29 is 4.52 Å². The molecule has 4 heteroatoms. The lowest BCUT2D eigenvalue weighted by atomic mass is 10.0. The minimum atomic E-state index is -0.184. The van der Waals surface area contributed by atoms with E-state index in [-0.39, 0.29) is 6.04 Å². The molecule has 1 atom stereocenters. The van der Waals surface area contributed by atoms with Crippen molar-refractivity contribution in [3.63, 3.8) is 0 Å². The Kier molecular flexibility index (Phi) is 3.77. The molecule has 0 saturated carbocycles. The van der Waals surface area contributed by atoms with E-state index in [0.717, 1.165) is 12.0 Å². The SMILES string of the molecule is Cc1ccc(-c2noc([C@H](N)CC(C)C)n2)cc1. The van der Waals surface area contributed by atoms with Gasteiger partial charge in [0.25, 0.3) is 0 Å². The molecular formula is C14H19N3O. The fourth-order valence-corrected chi connectivity index (χ4v) is 1.81. The van der Waals surface area contributed by atoms with Gasteiger partial charge in [0.05, 0.1) is 6.04 Å². The van der Waals surface area contributed by atoms with Crippen molar-refractivity contribution in [3.8, 4) is 11.4 Å². The van der Waals surface area contributed by atoms with Gasteiger partial charge in [0.1, 0.15) is 0 Å². The number of nitrogens with zero attached hydrogens (tertiary/aromatic N) is 2. The van der Waals surface area contributed by atoms with Crippen molar-refractivity contribution in [3.05, 3.63) is 35.7 Å². The second kappa shape index (κ2) is 5.31. The van der Waals surface area contributed by atoms with Gasteiger partial charge < -0.3 is 10.3 Å². The van der Waals surface area contributed by atoms with Gasteiger partial charge in [-0.05, 0) is 19.3 Å². The van der Waals surface area contributed by atoms with Gasteiger partial charge in [-0.2, -0.15) is 4.98 Å². The summed E-state index contributed by atoms with van der Waals surface area (Å²) in [4.78, 5) is 4.36. The van der Waals surface area contributed by atoms with Gasteiger partial charge in [-0.3, -0.25) is 0 Å². The molecule has 1 aromatic carbocycles. The molecule has 0 bridgehead atoms. The average Bonchev–Trinajstić information content (AvgIpc) is 2.78. The van der Waals surface area contributed by atoms with E-state index in [1.165, 1.54) is 5.56 Å². The zero-order valence-electron chi connectivity index (χ0n) is 11.1. The summed E-state index contributed by atoms with van der Waals surface area (Å²) in [5.74, 6) is 1.62. The molecule has 2 rings (SSSR count). The molecule has 0 saturated heterocycles. The first-order chi connectivity index (χ1) is 8.56. The summed E-state index contributed by atoms with van der Waals surface area (Å²) in [6.07, 6.45) is 0.843. The third kappa shape index (κ3) is 2.96. The van der Waals surface area contributed by atoms with Crippen LogP contribution in [0.4, 0.5) is 0 Å². The molecule has 0 aliphatic carbocycles. The summed E-state index contributed by atoms with van der Waals surface area (Å²) in [6, 6.07) is 7.84. The first kappa shape index (κ1) is 12.8. The highest BCUT2D eigenvalue weighted by Crippen LogP contribution is 2.21. The van der Waals surface area contributed by atoms with Crippen LogP contribution in [0, 0.1) is 12.8 Å². The van der Waals surface area contributed by atoms with Crippen molar-refractivity contribution in [1.29, 1.82) is 0 Å². The van der Waals surface area contributed by atoms with Crippen molar-refractivity contribution in [2.75, 3.05) is 0 Å². The highest BCUT2D eigenvalue weighted by molar-refractivity contribution is 5.54. The van der Waals surface area contributed by atoms with Crippen LogP contribution in [0.1, 0.15) is 37.8 Å². The van der Waals surface area contributed by atoms with Crippen molar-refractivity contribution in [1.82, 2.24) is 10.1 Å². The van der Waals surface area contributed by atoms with E-state index >= 15 is 0 Å². The van der Waals surface area contributed by atoms with Gasteiger partial charge in [0.2, 0.25) is 11.7 Å². The van der Waals surface area contributed by atoms with Crippen molar-refractivity contribution in [2.24, 2.45) is 11.7 Å². The number of benzene rings is 1. The minimum Gasteiger partial charge on any atom is -0.337 e. The van der Waals surface area contributed by atoms with E-state index in [2.05, 4.69) is 24.0 Å². The predicted molar refractivity (Wildman–Crippen MR) is 70.9 cm³/mol. The van der Waals surface area contributed by atoms with Crippen LogP contribution in [0.3, 0.4) is 0 Å². The standard InChI is InChI=1S/C14H19N3O/c1-9(2)8-12(15)14-16-13(17-18-14)11-6-4-10(3)5-7-11/h4-7,9,12H,8,15H2,1-3H3/t12-/m1/s1. The molecule has 0 spiro atoms. The summed E-state index contributed by atoms with van der Waals surface area (Å²) in [7, 11) is 0. The van der Waals surface area contributed by atoms with Crippen LogP contribution in [-0.2, 0) is 0 Å². The third-order valence-electron chi connectivity index (χ3n) is 2.79. The number of aromatic nitrogens is 2. The van der Waals surface area contributed by atoms with Crippen LogP contribution in [0.5, 0.6) is 0 Å². The van der Waals surface area contributed by atoms with Gasteiger partial charge in [-0.25, -0.2) is 0 Å². The first-order valence-corrected chi connectivity index (χ1v) is 6.22.